The molecule has 1 aliphatic rings. The van der Waals surface area contributed by atoms with E-state index in [0.29, 0.717) is 15.1 Å². The number of benzene rings is 1. The lowest BCUT2D eigenvalue weighted by molar-refractivity contribution is 0.0306. The van der Waals surface area contributed by atoms with Gasteiger partial charge >= 0.3 is 0 Å². The first-order chi connectivity index (χ1) is 9.86. The number of rotatable bonds is 4. The predicted molar refractivity (Wildman–Crippen MR) is 96.8 cm³/mol. The minimum Gasteiger partial charge on any atom is -0.396 e. The highest BCUT2D eigenvalue weighted by molar-refractivity contribution is 6.43. The van der Waals surface area contributed by atoms with Gasteiger partial charge in [-0.2, -0.15) is 0 Å². The molecule has 126 valence electrons. The Labute approximate surface area is 153 Å². The Kier molecular flexibility index (Phi) is 7.74. The third-order valence-corrected chi connectivity index (χ3v) is 5.02. The molecule has 3 nitrogen and oxygen atoms in total. The lowest BCUT2D eigenvalue weighted by Gasteiger charge is -2.44. The summed E-state index contributed by atoms with van der Waals surface area (Å²) in [7, 11) is 0. The fourth-order valence-electron chi connectivity index (χ4n) is 2.91. The number of hydrogen-bond donors (Lipinski definition) is 2. The zero-order valence-corrected chi connectivity index (χ0v) is 15.8. The van der Waals surface area contributed by atoms with Crippen molar-refractivity contribution in [1.29, 1.82) is 0 Å². The van der Waals surface area contributed by atoms with Gasteiger partial charge in [-0.25, -0.2) is 0 Å². The van der Waals surface area contributed by atoms with Crippen molar-refractivity contribution in [3.63, 3.8) is 0 Å². The first-order valence-corrected chi connectivity index (χ1v) is 8.20. The maximum Gasteiger partial charge on any atom is 0.0641 e. The first-order valence-electron chi connectivity index (χ1n) is 7.07. The fourth-order valence-corrected chi connectivity index (χ4v) is 3.64. The lowest BCUT2D eigenvalue weighted by atomic mass is 9.79. The van der Waals surface area contributed by atoms with Gasteiger partial charge in [0.25, 0.3) is 0 Å². The average Bonchev–Trinajstić information content (AvgIpc) is 2.45. The van der Waals surface area contributed by atoms with Crippen LogP contribution in [0, 0.1) is 5.41 Å². The molecule has 7 heteroatoms. The molecule has 0 spiro atoms. The van der Waals surface area contributed by atoms with E-state index in [1.165, 1.54) is 0 Å². The zero-order valence-electron chi connectivity index (χ0n) is 12.7. The van der Waals surface area contributed by atoms with E-state index in [1.54, 1.807) is 6.07 Å². The second kappa shape index (κ2) is 8.39. The van der Waals surface area contributed by atoms with Crippen LogP contribution in [-0.2, 0) is 0 Å². The maximum atomic E-state index is 9.83. The van der Waals surface area contributed by atoms with E-state index in [1.807, 2.05) is 19.9 Å². The van der Waals surface area contributed by atoms with Gasteiger partial charge in [0.15, 0.2) is 0 Å². The van der Waals surface area contributed by atoms with Crippen LogP contribution in [0.5, 0.6) is 0 Å². The zero-order chi connectivity index (χ0) is 15.6. The molecule has 1 aromatic rings. The van der Waals surface area contributed by atoms with E-state index in [-0.39, 0.29) is 30.5 Å². The Morgan fingerprint density at radius 2 is 1.82 bits per heavy atom. The largest absolute Gasteiger partial charge is 0.396 e. The number of hydrogen-bond acceptors (Lipinski definition) is 3. The van der Waals surface area contributed by atoms with Crippen molar-refractivity contribution in [3.05, 3.63) is 32.8 Å². The van der Waals surface area contributed by atoms with E-state index < -0.39 is 0 Å². The van der Waals surface area contributed by atoms with Crippen molar-refractivity contribution in [2.75, 3.05) is 32.8 Å². The summed E-state index contributed by atoms with van der Waals surface area (Å²) in [6, 6.07) is 3.48. The summed E-state index contributed by atoms with van der Waals surface area (Å²) in [6.07, 6.45) is 0. The number of halogens is 4. The topological polar surface area (TPSA) is 35.5 Å². The van der Waals surface area contributed by atoms with Crippen molar-refractivity contribution in [2.45, 2.75) is 19.9 Å². The Bertz CT molecular complexity index is 505. The monoisotopic (exact) mass is 386 g/mol. The summed E-state index contributed by atoms with van der Waals surface area (Å²) < 4.78 is 0. The molecule has 1 saturated heterocycles. The molecule has 0 bridgehead atoms. The number of piperazine rings is 1. The summed E-state index contributed by atoms with van der Waals surface area (Å²) in [5.41, 5.74) is 0.532. The molecule has 0 aromatic heterocycles. The molecule has 1 aromatic carbocycles. The number of nitrogens with zero attached hydrogens (tertiary/aromatic N) is 1. The minimum absolute atomic E-state index is 0. The summed E-state index contributed by atoms with van der Waals surface area (Å²) in [5, 5.41) is 14.7. The van der Waals surface area contributed by atoms with Crippen molar-refractivity contribution in [2.24, 2.45) is 5.41 Å². The van der Waals surface area contributed by atoms with E-state index in [0.717, 1.165) is 31.7 Å². The van der Waals surface area contributed by atoms with Gasteiger partial charge in [-0.3, -0.25) is 4.90 Å². The molecule has 1 aliphatic heterocycles. The standard InChI is InChI=1S/C15H21Cl3N2O.ClH/c1-15(2,9-21)14(20-5-3-19-4-6-20)11-7-10(16)8-12(17)13(11)18;/h7-8,14,19,21H,3-6,9H2,1-2H3;1H/t14-;/m1./s1. The Morgan fingerprint density at radius 3 is 2.36 bits per heavy atom. The van der Waals surface area contributed by atoms with E-state index >= 15 is 0 Å². The molecule has 0 saturated carbocycles. The van der Waals surface area contributed by atoms with Crippen molar-refractivity contribution in [1.82, 2.24) is 10.2 Å². The number of aliphatic hydroxyl groups is 1. The molecular formula is C15H22Cl4N2O. The van der Waals surface area contributed by atoms with Gasteiger partial charge < -0.3 is 10.4 Å². The van der Waals surface area contributed by atoms with Crippen LogP contribution in [0.25, 0.3) is 0 Å². The summed E-state index contributed by atoms with van der Waals surface area (Å²) in [5.74, 6) is 0. The van der Waals surface area contributed by atoms with Crippen LogP contribution in [0.3, 0.4) is 0 Å². The van der Waals surface area contributed by atoms with Gasteiger partial charge in [-0.05, 0) is 17.7 Å². The summed E-state index contributed by atoms with van der Waals surface area (Å²) in [6.45, 7) is 7.76. The summed E-state index contributed by atoms with van der Waals surface area (Å²) in [4.78, 5) is 2.33. The molecule has 0 unspecified atom stereocenters. The normalized spacial score (nSPS) is 17.9. The summed E-state index contributed by atoms with van der Waals surface area (Å²) >= 11 is 18.8. The van der Waals surface area contributed by atoms with E-state index in [2.05, 4.69) is 10.2 Å². The van der Waals surface area contributed by atoms with Gasteiger partial charge in [-0.15, -0.1) is 12.4 Å². The van der Waals surface area contributed by atoms with Gasteiger partial charge in [0.1, 0.15) is 0 Å². The molecule has 0 amide bonds. The van der Waals surface area contributed by atoms with Crippen LogP contribution in [0.15, 0.2) is 12.1 Å². The van der Waals surface area contributed by atoms with Crippen molar-refractivity contribution in [3.8, 4) is 0 Å². The third kappa shape index (κ3) is 4.41. The van der Waals surface area contributed by atoms with E-state index in [9.17, 15) is 5.11 Å². The predicted octanol–water partition coefficient (Wildman–Crippen LogP) is 4.03. The van der Waals surface area contributed by atoms with Gasteiger partial charge in [-0.1, -0.05) is 48.7 Å². The highest BCUT2D eigenvalue weighted by Gasteiger charge is 2.37. The van der Waals surface area contributed by atoms with Crippen LogP contribution in [0.4, 0.5) is 0 Å². The molecule has 22 heavy (non-hydrogen) atoms. The average molecular weight is 388 g/mol. The molecule has 1 fully saturated rings. The SMILES string of the molecule is CC(C)(CO)[C@@H](c1cc(Cl)cc(Cl)c1Cl)N1CCNCC1.Cl. The quantitative estimate of drug-likeness (QED) is 0.765. The van der Waals surface area contributed by atoms with Crippen molar-refractivity contribution >= 4 is 47.2 Å². The van der Waals surface area contributed by atoms with Crippen LogP contribution in [-0.4, -0.2) is 42.8 Å². The van der Waals surface area contributed by atoms with Crippen LogP contribution >= 0.6 is 47.2 Å². The Morgan fingerprint density at radius 1 is 1.23 bits per heavy atom. The molecule has 1 atom stereocenters. The second-order valence-corrected chi connectivity index (χ2v) is 7.35. The number of nitrogens with one attached hydrogen (secondary N) is 1. The van der Waals surface area contributed by atoms with Gasteiger partial charge in [0.2, 0.25) is 0 Å². The highest BCUT2D eigenvalue weighted by Crippen LogP contribution is 2.44. The van der Waals surface area contributed by atoms with Crippen LogP contribution in [0.2, 0.25) is 15.1 Å². The van der Waals surface area contributed by atoms with Crippen LogP contribution in [0.1, 0.15) is 25.5 Å². The lowest BCUT2D eigenvalue weighted by Crippen LogP contribution is -2.49. The molecule has 2 N–H and O–H groups in total. The molecule has 0 radical (unpaired) electrons. The third-order valence-electron chi connectivity index (χ3n) is 3.98. The van der Waals surface area contributed by atoms with Gasteiger partial charge in [0, 0.05) is 49.3 Å². The fraction of sp³-hybridized carbons (Fsp3) is 0.600. The Hall–Kier alpha value is 0.260. The van der Waals surface area contributed by atoms with Crippen LogP contribution < -0.4 is 5.32 Å². The molecular weight excluding hydrogens is 366 g/mol. The maximum absolute atomic E-state index is 9.83. The minimum atomic E-state index is -0.352. The van der Waals surface area contributed by atoms with E-state index in [4.69, 9.17) is 34.8 Å². The second-order valence-electron chi connectivity index (χ2n) is 6.13. The Balaban J connectivity index is 0.00000242. The highest BCUT2D eigenvalue weighted by atomic mass is 35.5. The number of aliphatic hydroxyl groups excluding tert-OH is 1. The first kappa shape index (κ1) is 20.3. The van der Waals surface area contributed by atoms with Gasteiger partial charge in [0.05, 0.1) is 10.0 Å². The molecule has 1 heterocycles. The molecule has 2 rings (SSSR count). The van der Waals surface area contributed by atoms with Crippen molar-refractivity contribution < 1.29 is 5.11 Å². The molecule has 0 aliphatic carbocycles. The smallest absolute Gasteiger partial charge is 0.0641 e.